The molecule has 9 nitrogen and oxygen atoms in total. The van der Waals surface area contributed by atoms with Crippen molar-refractivity contribution in [3.63, 3.8) is 0 Å². The molecule has 2 atom stereocenters. The average molecular weight is 385 g/mol. The Labute approximate surface area is 166 Å². The van der Waals surface area contributed by atoms with Crippen LogP contribution in [0.1, 0.15) is 13.2 Å². The number of β-lactam (4-membered cyclic amide) rings is 1. The summed E-state index contributed by atoms with van der Waals surface area (Å²) in [5.41, 5.74) is 0. The van der Waals surface area contributed by atoms with Crippen LogP contribution in [0.2, 0.25) is 0 Å². The Morgan fingerprint density at radius 2 is 2.21 bits per heavy atom. The van der Waals surface area contributed by atoms with Gasteiger partial charge in [0.25, 0.3) is 5.91 Å². The van der Waals surface area contributed by atoms with Crippen LogP contribution in [0.15, 0.2) is 17.5 Å². The molecule has 1 aromatic rings. The zero-order chi connectivity index (χ0) is 17.2. The number of nitrogens with zero attached hydrogens (tertiary/aromatic N) is 1. The first-order chi connectivity index (χ1) is 10.7. The molecule has 2 heterocycles. The summed E-state index contributed by atoms with van der Waals surface area (Å²) in [6.45, 7) is 1.12. The molecule has 3 amide bonds. The summed E-state index contributed by atoms with van der Waals surface area (Å²) < 4.78 is 30.5. The van der Waals surface area contributed by atoms with Gasteiger partial charge in [-0.1, -0.05) is 6.07 Å². The number of hydrogen-bond donors (Lipinski definition) is 3. The molecule has 3 N–H and O–H groups in total. The van der Waals surface area contributed by atoms with E-state index in [0.717, 1.165) is 4.88 Å². The normalized spacial score (nSPS) is 18.2. The van der Waals surface area contributed by atoms with E-state index in [-0.39, 0.29) is 54.2 Å². The zero-order valence-electron chi connectivity index (χ0n) is 14.1. The molecule has 1 fully saturated rings. The molecule has 1 saturated heterocycles. The van der Waals surface area contributed by atoms with Gasteiger partial charge in [0.15, 0.2) is 0 Å². The predicted molar refractivity (Wildman–Crippen MR) is 81.9 cm³/mol. The molecule has 1 aliphatic heterocycles. The molecule has 2 rings (SSSR count). The number of rotatable bonds is 6. The maximum atomic E-state index is 11.9. The summed E-state index contributed by atoms with van der Waals surface area (Å²) in [4.78, 5) is 36.0. The summed E-state index contributed by atoms with van der Waals surface area (Å²) in [7, 11) is -4.59. The van der Waals surface area contributed by atoms with E-state index >= 15 is 0 Å². The molecule has 1 unspecified atom stereocenters. The SMILES string of the molecule is C[C@@H](NC(=O)Cc1cccs1)C(=O)NC1CN(S(=O)(=O)O)C1=O.[H-].[Na+]. The summed E-state index contributed by atoms with van der Waals surface area (Å²) in [6.07, 6.45) is 0.147. The molecule has 0 aromatic carbocycles. The van der Waals surface area contributed by atoms with E-state index in [2.05, 4.69) is 10.6 Å². The zero-order valence-corrected chi connectivity index (χ0v) is 16.7. The van der Waals surface area contributed by atoms with Crippen molar-refractivity contribution in [3.8, 4) is 0 Å². The predicted octanol–water partition coefficient (Wildman–Crippen LogP) is -3.96. The smallest absolute Gasteiger partial charge is 1.00 e. The van der Waals surface area contributed by atoms with Crippen LogP contribution >= 0.6 is 11.3 Å². The largest absolute Gasteiger partial charge is 1.00 e. The van der Waals surface area contributed by atoms with Gasteiger partial charge in [-0.05, 0) is 18.4 Å². The topological polar surface area (TPSA) is 133 Å². The standard InChI is InChI=1S/C12H15N3O6S2.Na.H/c1-7(13-10(16)5-8-3-2-4-22-8)11(17)14-9-6-15(12(9)18)23(19,20)21;;/h2-4,7,9H,5-6H2,1H3,(H,13,16)(H,14,17)(H,19,20,21);;/q;+1;-1/t7-,9?;;/m1../s1. The summed E-state index contributed by atoms with van der Waals surface area (Å²) in [6, 6.07) is 1.70. The fourth-order valence-electron chi connectivity index (χ4n) is 1.94. The summed E-state index contributed by atoms with van der Waals surface area (Å²) in [5, 5.41) is 6.64. The third-order valence-electron chi connectivity index (χ3n) is 3.17. The van der Waals surface area contributed by atoms with Gasteiger partial charge in [0.05, 0.1) is 13.0 Å². The average Bonchev–Trinajstić information content (AvgIpc) is 2.93. The Morgan fingerprint density at radius 3 is 2.71 bits per heavy atom. The quantitative estimate of drug-likeness (QED) is 0.260. The van der Waals surface area contributed by atoms with Gasteiger partial charge in [-0.25, -0.2) is 4.31 Å². The third kappa shape index (κ3) is 5.26. The van der Waals surface area contributed by atoms with Crippen molar-refractivity contribution in [2.45, 2.75) is 25.4 Å². The van der Waals surface area contributed by atoms with Gasteiger partial charge >= 0.3 is 39.9 Å². The molecule has 128 valence electrons. The second-order valence-corrected chi connectivity index (χ2v) is 7.32. The van der Waals surface area contributed by atoms with Crippen LogP contribution in [-0.4, -0.2) is 53.6 Å². The molecule has 0 radical (unpaired) electrons. The van der Waals surface area contributed by atoms with Crippen LogP contribution in [0.25, 0.3) is 0 Å². The van der Waals surface area contributed by atoms with E-state index in [4.69, 9.17) is 4.55 Å². The van der Waals surface area contributed by atoms with Gasteiger partial charge < -0.3 is 12.1 Å². The molecular formula is C12H16N3NaO6S2. The van der Waals surface area contributed by atoms with E-state index < -0.39 is 34.2 Å². The number of thiophene rings is 1. The van der Waals surface area contributed by atoms with Gasteiger partial charge in [-0.3, -0.25) is 18.9 Å². The molecular weight excluding hydrogens is 369 g/mol. The van der Waals surface area contributed by atoms with Crippen LogP contribution in [0, 0.1) is 0 Å². The van der Waals surface area contributed by atoms with Crippen molar-refractivity contribution in [3.05, 3.63) is 22.4 Å². The Kier molecular flexibility index (Phi) is 7.38. The van der Waals surface area contributed by atoms with E-state index in [1.54, 1.807) is 6.07 Å². The first-order valence-electron chi connectivity index (χ1n) is 6.59. The molecule has 0 saturated carbocycles. The maximum absolute atomic E-state index is 11.9. The number of carbonyl (C=O) groups excluding carboxylic acids is 3. The Balaban J connectivity index is 0.00000288. The van der Waals surface area contributed by atoms with Crippen LogP contribution in [0.5, 0.6) is 0 Å². The molecule has 24 heavy (non-hydrogen) atoms. The van der Waals surface area contributed by atoms with E-state index in [1.165, 1.54) is 18.3 Å². The number of hydrogen-bond acceptors (Lipinski definition) is 6. The maximum Gasteiger partial charge on any atom is 1.00 e. The molecule has 0 spiro atoms. The number of nitrogens with one attached hydrogen (secondary N) is 2. The number of carbonyl (C=O) groups is 3. The fourth-order valence-corrected chi connectivity index (χ4v) is 3.33. The second-order valence-electron chi connectivity index (χ2n) is 4.95. The second kappa shape index (κ2) is 8.41. The van der Waals surface area contributed by atoms with Crippen molar-refractivity contribution in [1.82, 2.24) is 14.9 Å². The first kappa shape index (κ1) is 21.1. The van der Waals surface area contributed by atoms with Crippen LogP contribution in [-0.2, 0) is 31.1 Å². The fraction of sp³-hybridized carbons (Fsp3) is 0.417. The van der Waals surface area contributed by atoms with E-state index in [9.17, 15) is 22.8 Å². The minimum atomic E-state index is -4.59. The van der Waals surface area contributed by atoms with Crippen molar-refractivity contribution in [2.24, 2.45) is 0 Å². The summed E-state index contributed by atoms with van der Waals surface area (Å²) in [5.74, 6) is -1.87. The van der Waals surface area contributed by atoms with Crippen LogP contribution in [0.3, 0.4) is 0 Å². The Hall–Kier alpha value is -0.980. The Bertz CT molecular complexity index is 727. The van der Waals surface area contributed by atoms with Crippen molar-refractivity contribution >= 4 is 39.4 Å². The van der Waals surface area contributed by atoms with Gasteiger partial charge in [0.2, 0.25) is 11.8 Å². The van der Waals surface area contributed by atoms with Crippen LogP contribution in [0.4, 0.5) is 0 Å². The molecule has 0 bridgehead atoms. The van der Waals surface area contributed by atoms with Gasteiger partial charge in [0.1, 0.15) is 12.1 Å². The minimum absolute atomic E-state index is 0. The third-order valence-corrected chi connectivity index (χ3v) is 4.94. The van der Waals surface area contributed by atoms with Gasteiger partial charge in [-0.2, -0.15) is 8.42 Å². The minimum Gasteiger partial charge on any atom is -1.00 e. The van der Waals surface area contributed by atoms with Gasteiger partial charge in [-0.15, -0.1) is 11.3 Å². The van der Waals surface area contributed by atoms with Crippen LogP contribution < -0.4 is 40.2 Å². The van der Waals surface area contributed by atoms with E-state index in [0.29, 0.717) is 0 Å². The monoisotopic (exact) mass is 385 g/mol. The van der Waals surface area contributed by atoms with Gasteiger partial charge in [0, 0.05) is 4.88 Å². The molecule has 12 heteroatoms. The number of amides is 3. The first-order valence-corrected chi connectivity index (χ1v) is 8.87. The molecule has 0 aliphatic carbocycles. The summed E-state index contributed by atoms with van der Waals surface area (Å²) >= 11 is 1.42. The molecule has 1 aliphatic rings. The Morgan fingerprint density at radius 1 is 1.54 bits per heavy atom. The van der Waals surface area contributed by atoms with Crippen molar-refractivity contribution in [2.75, 3.05) is 6.54 Å². The van der Waals surface area contributed by atoms with Crippen molar-refractivity contribution < 1.29 is 58.3 Å². The van der Waals surface area contributed by atoms with Crippen molar-refractivity contribution in [1.29, 1.82) is 0 Å². The molecule has 1 aromatic heterocycles. The van der Waals surface area contributed by atoms with E-state index in [1.807, 2.05) is 11.4 Å².